The number of hydrogen-bond donors (Lipinski definition) is 0. The number of aromatic nitrogens is 3. The van der Waals surface area contributed by atoms with Gasteiger partial charge in [0, 0.05) is 5.56 Å². The Morgan fingerprint density at radius 1 is 1.08 bits per heavy atom. The normalized spacial score (nSPS) is 9.92. The third-order valence-corrected chi connectivity index (χ3v) is 1.92. The van der Waals surface area contributed by atoms with Gasteiger partial charge in [0.2, 0.25) is 0 Å². The fourth-order valence-corrected chi connectivity index (χ4v) is 1.25. The molecule has 0 saturated heterocycles. The molecule has 0 aliphatic rings. The Kier molecular flexibility index (Phi) is 2.00. The zero-order valence-electron chi connectivity index (χ0n) is 7.31. The summed E-state index contributed by atoms with van der Waals surface area (Å²) < 4.78 is 0. The SMILES string of the molecule is Cc1ccccc1-c1ccnnn1. The Morgan fingerprint density at radius 2 is 1.92 bits per heavy atom. The molecule has 3 nitrogen and oxygen atoms in total. The van der Waals surface area contributed by atoms with E-state index >= 15 is 0 Å². The van der Waals surface area contributed by atoms with Gasteiger partial charge in [0.15, 0.2) is 0 Å². The summed E-state index contributed by atoms with van der Waals surface area (Å²) in [6, 6.07) is 9.93. The minimum absolute atomic E-state index is 0.869. The number of hydrogen-bond acceptors (Lipinski definition) is 3. The highest BCUT2D eigenvalue weighted by Crippen LogP contribution is 2.18. The van der Waals surface area contributed by atoms with Gasteiger partial charge in [-0.15, -0.1) is 10.2 Å². The molecule has 3 heteroatoms. The second kappa shape index (κ2) is 3.31. The van der Waals surface area contributed by atoms with Crippen LogP contribution in [0.3, 0.4) is 0 Å². The largest absolute Gasteiger partial charge is 0.139 e. The van der Waals surface area contributed by atoms with Gasteiger partial charge in [0.05, 0.1) is 11.9 Å². The minimum Gasteiger partial charge on any atom is -0.139 e. The first kappa shape index (κ1) is 7.86. The highest BCUT2D eigenvalue weighted by molar-refractivity contribution is 5.62. The second-order valence-electron chi connectivity index (χ2n) is 2.82. The zero-order valence-corrected chi connectivity index (χ0v) is 7.31. The fourth-order valence-electron chi connectivity index (χ4n) is 1.25. The summed E-state index contributed by atoms with van der Waals surface area (Å²) in [5.41, 5.74) is 3.17. The van der Waals surface area contributed by atoms with Crippen molar-refractivity contribution in [3.63, 3.8) is 0 Å². The van der Waals surface area contributed by atoms with Crippen LogP contribution in [0.25, 0.3) is 11.3 Å². The van der Waals surface area contributed by atoms with E-state index in [1.807, 2.05) is 24.3 Å². The van der Waals surface area contributed by atoms with Crippen LogP contribution in [0.15, 0.2) is 36.5 Å². The molecule has 0 fully saturated rings. The summed E-state index contributed by atoms with van der Waals surface area (Å²) in [5, 5.41) is 11.2. The third-order valence-electron chi connectivity index (χ3n) is 1.92. The van der Waals surface area contributed by atoms with Gasteiger partial charge < -0.3 is 0 Å². The summed E-state index contributed by atoms with van der Waals surface area (Å²) in [4.78, 5) is 0. The topological polar surface area (TPSA) is 38.7 Å². The summed E-state index contributed by atoms with van der Waals surface area (Å²) in [6.45, 7) is 2.05. The molecule has 0 unspecified atom stereocenters. The maximum Gasteiger partial charge on any atom is 0.0965 e. The molecule has 13 heavy (non-hydrogen) atoms. The lowest BCUT2D eigenvalue weighted by molar-refractivity contribution is 0.870. The molecule has 1 heterocycles. The lowest BCUT2D eigenvalue weighted by Gasteiger charge is -2.01. The summed E-state index contributed by atoms with van der Waals surface area (Å²) >= 11 is 0. The molecular formula is C10H9N3. The quantitative estimate of drug-likeness (QED) is 0.657. The first-order valence-corrected chi connectivity index (χ1v) is 4.08. The Hall–Kier alpha value is -1.77. The average molecular weight is 171 g/mol. The third kappa shape index (κ3) is 1.54. The molecule has 1 aromatic heterocycles. The Labute approximate surface area is 76.4 Å². The van der Waals surface area contributed by atoms with Gasteiger partial charge in [-0.3, -0.25) is 0 Å². The maximum atomic E-state index is 3.95. The Balaban J connectivity index is 2.54. The van der Waals surface area contributed by atoms with E-state index in [0.717, 1.165) is 11.3 Å². The van der Waals surface area contributed by atoms with Crippen LogP contribution in [-0.4, -0.2) is 15.4 Å². The zero-order chi connectivity index (χ0) is 9.10. The van der Waals surface area contributed by atoms with Gasteiger partial charge >= 0.3 is 0 Å². The molecule has 1 aromatic carbocycles. The molecule has 0 amide bonds. The molecule has 0 aliphatic heterocycles. The highest BCUT2D eigenvalue weighted by atomic mass is 15.3. The van der Waals surface area contributed by atoms with Crippen molar-refractivity contribution in [2.75, 3.05) is 0 Å². The second-order valence-corrected chi connectivity index (χ2v) is 2.82. The van der Waals surface area contributed by atoms with Crippen molar-refractivity contribution in [3.05, 3.63) is 42.1 Å². The molecule has 0 radical (unpaired) electrons. The van der Waals surface area contributed by atoms with Crippen LogP contribution >= 0.6 is 0 Å². The molecule has 2 aromatic rings. The minimum atomic E-state index is 0.869. The summed E-state index contributed by atoms with van der Waals surface area (Å²) in [7, 11) is 0. The first-order chi connectivity index (χ1) is 6.38. The predicted molar refractivity (Wildman–Crippen MR) is 50.0 cm³/mol. The lowest BCUT2D eigenvalue weighted by atomic mass is 10.1. The van der Waals surface area contributed by atoms with E-state index in [9.17, 15) is 0 Å². The van der Waals surface area contributed by atoms with Gasteiger partial charge in [0.25, 0.3) is 0 Å². The van der Waals surface area contributed by atoms with E-state index < -0.39 is 0 Å². The molecule has 64 valence electrons. The van der Waals surface area contributed by atoms with Crippen molar-refractivity contribution in [1.82, 2.24) is 15.4 Å². The van der Waals surface area contributed by atoms with Gasteiger partial charge in [-0.05, 0) is 23.8 Å². The smallest absolute Gasteiger partial charge is 0.0965 e. The molecule has 2 rings (SSSR count). The van der Waals surface area contributed by atoms with Crippen LogP contribution in [0.1, 0.15) is 5.56 Å². The molecular weight excluding hydrogens is 162 g/mol. The molecule has 0 saturated carbocycles. The van der Waals surface area contributed by atoms with E-state index in [2.05, 4.69) is 28.4 Å². The fraction of sp³-hybridized carbons (Fsp3) is 0.100. The lowest BCUT2D eigenvalue weighted by Crippen LogP contribution is -1.90. The van der Waals surface area contributed by atoms with Crippen LogP contribution in [0.5, 0.6) is 0 Å². The van der Waals surface area contributed by atoms with Crippen LogP contribution < -0.4 is 0 Å². The van der Waals surface area contributed by atoms with Crippen molar-refractivity contribution >= 4 is 0 Å². The molecule has 0 N–H and O–H groups in total. The number of rotatable bonds is 1. The van der Waals surface area contributed by atoms with Gasteiger partial charge in [0.1, 0.15) is 0 Å². The Bertz CT molecular complexity index is 398. The summed E-state index contributed by atoms with van der Waals surface area (Å²) in [6.07, 6.45) is 1.65. The van der Waals surface area contributed by atoms with Crippen molar-refractivity contribution in [3.8, 4) is 11.3 Å². The van der Waals surface area contributed by atoms with Gasteiger partial charge in [-0.1, -0.05) is 24.3 Å². The van der Waals surface area contributed by atoms with Crippen molar-refractivity contribution in [2.45, 2.75) is 6.92 Å². The van der Waals surface area contributed by atoms with E-state index in [1.54, 1.807) is 6.20 Å². The number of nitrogens with zero attached hydrogens (tertiary/aromatic N) is 3. The van der Waals surface area contributed by atoms with Crippen LogP contribution in [0.4, 0.5) is 0 Å². The Morgan fingerprint density at radius 3 is 2.62 bits per heavy atom. The van der Waals surface area contributed by atoms with Gasteiger partial charge in [-0.2, -0.15) is 0 Å². The van der Waals surface area contributed by atoms with Crippen molar-refractivity contribution in [1.29, 1.82) is 0 Å². The molecule has 0 atom stereocenters. The average Bonchev–Trinajstić information content (AvgIpc) is 2.20. The van der Waals surface area contributed by atoms with Crippen molar-refractivity contribution in [2.24, 2.45) is 0 Å². The number of benzene rings is 1. The summed E-state index contributed by atoms with van der Waals surface area (Å²) in [5.74, 6) is 0. The molecule has 0 bridgehead atoms. The van der Waals surface area contributed by atoms with Gasteiger partial charge in [-0.25, -0.2) is 0 Å². The van der Waals surface area contributed by atoms with Crippen molar-refractivity contribution < 1.29 is 0 Å². The maximum absolute atomic E-state index is 3.95. The monoisotopic (exact) mass is 171 g/mol. The standard InChI is InChI=1S/C10H9N3/c1-8-4-2-3-5-9(8)10-6-7-11-13-12-10/h2-7H,1H3. The van der Waals surface area contributed by atoms with E-state index in [0.29, 0.717) is 0 Å². The molecule has 0 aliphatic carbocycles. The predicted octanol–water partition coefficient (Wildman–Crippen LogP) is 1.85. The van der Waals surface area contributed by atoms with Crippen LogP contribution in [-0.2, 0) is 0 Å². The van der Waals surface area contributed by atoms with Crippen LogP contribution in [0, 0.1) is 6.92 Å². The van der Waals surface area contributed by atoms with E-state index in [4.69, 9.17) is 0 Å². The molecule has 0 spiro atoms. The number of aryl methyl sites for hydroxylation is 1. The first-order valence-electron chi connectivity index (χ1n) is 4.08. The van der Waals surface area contributed by atoms with E-state index in [-0.39, 0.29) is 0 Å². The highest BCUT2D eigenvalue weighted by Gasteiger charge is 2.00. The van der Waals surface area contributed by atoms with E-state index in [1.165, 1.54) is 5.56 Å². The van der Waals surface area contributed by atoms with Crippen LogP contribution in [0.2, 0.25) is 0 Å².